The fourth-order valence-electron chi connectivity index (χ4n) is 5.01. The number of aryl methyl sites for hydroxylation is 1. The molecule has 0 radical (unpaired) electrons. The normalized spacial score (nSPS) is 14.1. The summed E-state index contributed by atoms with van der Waals surface area (Å²) in [6.45, 7) is 3.10. The van der Waals surface area contributed by atoms with Gasteiger partial charge in [0.1, 0.15) is 22.9 Å². The van der Waals surface area contributed by atoms with Crippen LogP contribution in [-0.4, -0.2) is 59.6 Å². The van der Waals surface area contributed by atoms with Crippen molar-refractivity contribution in [2.24, 2.45) is 0 Å². The van der Waals surface area contributed by atoms with Gasteiger partial charge in [-0.05, 0) is 66.1 Å². The Kier molecular flexibility index (Phi) is 7.46. The van der Waals surface area contributed by atoms with Crippen molar-refractivity contribution in [3.63, 3.8) is 0 Å². The highest BCUT2D eigenvalue weighted by atomic mass is 35.5. The first-order valence-corrected chi connectivity index (χ1v) is 13.7. The highest BCUT2D eigenvalue weighted by Gasteiger charge is 2.35. The molecule has 3 heterocycles. The van der Waals surface area contributed by atoms with Gasteiger partial charge in [0.05, 0.1) is 29.6 Å². The van der Waals surface area contributed by atoms with Crippen LogP contribution >= 0.6 is 11.6 Å². The summed E-state index contributed by atoms with van der Waals surface area (Å²) in [6, 6.07) is 15.0. The Morgan fingerprint density at radius 1 is 1.19 bits per heavy atom. The van der Waals surface area contributed by atoms with E-state index < -0.39 is 30.4 Å². The van der Waals surface area contributed by atoms with Crippen LogP contribution in [0.1, 0.15) is 40.0 Å². The number of fused-ring (bicyclic) bond motifs is 2. The molecule has 0 saturated carbocycles. The number of hydrogen-bond donors (Lipinski definition) is 2. The lowest BCUT2D eigenvalue weighted by molar-refractivity contribution is -0.126. The van der Waals surface area contributed by atoms with Crippen LogP contribution < -0.4 is 10.2 Å². The van der Waals surface area contributed by atoms with Gasteiger partial charge in [0.15, 0.2) is 0 Å². The Balaban J connectivity index is 1.20. The maximum Gasteiger partial charge on any atom is 0.346 e. The van der Waals surface area contributed by atoms with Crippen LogP contribution in [-0.2, 0) is 11.3 Å². The molecule has 0 spiro atoms. The molecule has 11 nitrogen and oxygen atoms in total. The summed E-state index contributed by atoms with van der Waals surface area (Å²) >= 11 is 6.44. The minimum Gasteiger partial charge on any atom is -0.394 e. The zero-order valence-corrected chi connectivity index (χ0v) is 23.8. The molecule has 3 aromatic carbocycles. The van der Waals surface area contributed by atoms with Crippen molar-refractivity contribution >= 4 is 34.4 Å². The monoisotopic (exact) mass is 601 g/mol. The number of aliphatic hydroxyl groups is 1. The summed E-state index contributed by atoms with van der Waals surface area (Å²) in [5.74, 6) is -1.30. The molecule has 0 aliphatic carbocycles. The first-order chi connectivity index (χ1) is 20.7. The third kappa shape index (κ3) is 5.49. The van der Waals surface area contributed by atoms with Gasteiger partial charge in [0, 0.05) is 17.7 Å². The van der Waals surface area contributed by atoms with E-state index >= 15 is 0 Å². The van der Waals surface area contributed by atoms with Crippen LogP contribution in [0.3, 0.4) is 0 Å². The second-order valence-electron chi connectivity index (χ2n) is 10.2. The van der Waals surface area contributed by atoms with Gasteiger partial charge in [-0.3, -0.25) is 9.59 Å². The summed E-state index contributed by atoms with van der Waals surface area (Å²) in [4.78, 5) is 43.6. The van der Waals surface area contributed by atoms with E-state index in [9.17, 15) is 19.1 Å². The first kappa shape index (κ1) is 28.2. The topological polar surface area (TPSA) is 135 Å². The number of nitrogens with one attached hydrogen (secondary N) is 1. The molecule has 1 aliphatic heterocycles. The molecule has 2 atom stereocenters. The van der Waals surface area contributed by atoms with Crippen molar-refractivity contribution in [2.75, 3.05) is 6.61 Å². The molecule has 43 heavy (non-hydrogen) atoms. The molecule has 13 heteroatoms. The average molecular weight is 602 g/mol. The van der Waals surface area contributed by atoms with E-state index in [1.54, 1.807) is 50.2 Å². The van der Waals surface area contributed by atoms with E-state index in [1.807, 2.05) is 12.1 Å². The zero-order valence-electron chi connectivity index (χ0n) is 23.0. The maximum absolute atomic E-state index is 13.9. The second kappa shape index (κ2) is 11.4. The highest BCUT2D eigenvalue weighted by Crippen LogP contribution is 2.33. The van der Waals surface area contributed by atoms with Gasteiger partial charge in [0.2, 0.25) is 5.91 Å². The average Bonchev–Trinajstić information content (AvgIpc) is 3.56. The Hall–Kier alpha value is -4.94. The molecular weight excluding hydrogens is 577 g/mol. The van der Waals surface area contributed by atoms with Crippen molar-refractivity contribution in [3.05, 3.63) is 100.0 Å². The second-order valence-corrected chi connectivity index (χ2v) is 10.6. The molecule has 2 aromatic heterocycles. The molecule has 0 fully saturated rings. The smallest absolute Gasteiger partial charge is 0.346 e. The molecule has 0 bridgehead atoms. The van der Waals surface area contributed by atoms with Gasteiger partial charge in [-0.15, -0.1) is 5.10 Å². The Bertz CT molecular complexity index is 1860. The number of aliphatic hydroxyl groups excluding tert-OH is 1. The number of benzene rings is 3. The number of amides is 2. The molecule has 2 N–H and O–H groups in total. The van der Waals surface area contributed by atoms with Gasteiger partial charge < -0.3 is 20.2 Å². The fraction of sp³-hybridized carbons (Fsp3) is 0.200. The fourth-order valence-corrected chi connectivity index (χ4v) is 5.21. The Morgan fingerprint density at radius 2 is 2.00 bits per heavy atom. The van der Waals surface area contributed by atoms with E-state index in [4.69, 9.17) is 16.4 Å². The minimum atomic E-state index is -0.868. The number of hydrogen-bond acceptors (Lipinski definition) is 8. The number of para-hydroxylation sites is 1. The molecule has 6 rings (SSSR count). The van der Waals surface area contributed by atoms with E-state index in [1.165, 1.54) is 28.1 Å². The maximum atomic E-state index is 13.9. The summed E-state index contributed by atoms with van der Waals surface area (Å²) in [5.41, 5.74) is 4.37. The van der Waals surface area contributed by atoms with Crippen LogP contribution in [0.5, 0.6) is 6.01 Å². The summed E-state index contributed by atoms with van der Waals surface area (Å²) in [7, 11) is 0. The van der Waals surface area contributed by atoms with Gasteiger partial charge >= 0.3 is 6.01 Å². The summed E-state index contributed by atoms with van der Waals surface area (Å²) < 4.78 is 13.9. The molecule has 0 unspecified atom stereocenters. The predicted molar refractivity (Wildman–Crippen MR) is 154 cm³/mol. The standard InChI is InChI=1S/C30H25ClFN7O4/c1-16-9-20(11-21(32)10-16)25(15-40)34-28(41)17(2)38-14-19-8-7-18(12-22(19)29(38)42)27-23(31)13-33-30(35-27)43-39-26-6-4-3-5-24(26)36-37-39/h3-13,17,25,40H,14-15H2,1-2H3,(H,34,41)/t17-,25-/m1/s1. The molecule has 1 aliphatic rings. The van der Waals surface area contributed by atoms with E-state index in [-0.39, 0.29) is 23.5 Å². The zero-order chi connectivity index (χ0) is 30.2. The first-order valence-electron chi connectivity index (χ1n) is 13.4. The van der Waals surface area contributed by atoms with Crippen molar-refractivity contribution in [1.29, 1.82) is 0 Å². The van der Waals surface area contributed by atoms with Crippen molar-refractivity contribution < 1.29 is 23.9 Å². The third-order valence-electron chi connectivity index (χ3n) is 7.24. The lowest BCUT2D eigenvalue weighted by atomic mass is 10.0. The minimum absolute atomic E-state index is 0.0271. The molecule has 5 aromatic rings. The van der Waals surface area contributed by atoms with Gasteiger partial charge in [-0.1, -0.05) is 46.8 Å². The van der Waals surface area contributed by atoms with E-state index in [2.05, 4.69) is 25.6 Å². The predicted octanol–water partition coefficient (Wildman–Crippen LogP) is 4.03. The van der Waals surface area contributed by atoms with E-state index in [0.29, 0.717) is 39.0 Å². The quantitative estimate of drug-likeness (QED) is 0.272. The lowest BCUT2D eigenvalue weighted by Gasteiger charge is -2.26. The number of nitrogens with zero attached hydrogens (tertiary/aromatic N) is 6. The molecule has 0 saturated heterocycles. The van der Waals surface area contributed by atoms with Gasteiger partial charge in [0.25, 0.3) is 5.91 Å². The third-order valence-corrected chi connectivity index (χ3v) is 7.52. The van der Waals surface area contributed by atoms with Crippen LogP contribution in [0.2, 0.25) is 5.02 Å². The number of carbonyl (C=O) groups is 2. The van der Waals surface area contributed by atoms with Gasteiger partial charge in [-0.25, -0.2) is 9.37 Å². The van der Waals surface area contributed by atoms with Crippen molar-refractivity contribution in [3.8, 4) is 17.3 Å². The lowest BCUT2D eigenvalue weighted by Crippen LogP contribution is -2.46. The number of rotatable bonds is 8. The summed E-state index contributed by atoms with van der Waals surface area (Å²) in [6.07, 6.45) is 1.39. The number of carbonyl (C=O) groups excluding carboxylic acids is 2. The van der Waals surface area contributed by atoms with Crippen LogP contribution in [0.4, 0.5) is 4.39 Å². The van der Waals surface area contributed by atoms with Gasteiger partial charge in [-0.2, -0.15) is 4.98 Å². The Labute approximate surface area is 249 Å². The molecular formula is C30H25ClFN7O4. The number of halogens is 2. The molecule has 2 amide bonds. The SMILES string of the molecule is Cc1cc(F)cc([C@@H](CO)NC(=O)[C@@H](C)N2Cc3ccc(-c4nc(On5nnc6ccccc65)ncc4Cl)cc3C2=O)c1. The van der Waals surface area contributed by atoms with Crippen molar-refractivity contribution in [2.45, 2.75) is 32.5 Å². The summed E-state index contributed by atoms with van der Waals surface area (Å²) in [5, 5.41) is 20.9. The van der Waals surface area contributed by atoms with Crippen LogP contribution in [0.25, 0.3) is 22.3 Å². The van der Waals surface area contributed by atoms with Crippen LogP contribution in [0.15, 0.2) is 66.9 Å². The van der Waals surface area contributed by atoms with Crippen LogP contribution in [0, 0.1) is 12.7 Å². The van der Waals surface area contributed by atoms with Crippen molar-refractivity contribution in [1.82, 2.24) is 35.3 Å². The largest absolute Gasteiger partial charge is 0.394 e. The molecule has 218 valence electrons. The highest BCUT2D eigenvalue weighted by molar-refractivity contribution is 6.32. The Morgan fingerprint density at radius 3 is 2.79 bits per heavy atom. The number of aromatic nitrogens is 5. The van der Waals surface area contributed by atoms with E-state index in [0.717, 1.165) is 5.56 Å².